The van der Waals surface area contributed by atoms with E-state index in [4.69, 9.17) is 4.74 Å². The van der Waals surface area contributed by atoms with Crippen LogP contribution in [0, 0.1) is 10.1 Å². The number of benzene rings is 1. The van der Waals surface area contributed by atoms with Crippen LogP contribution in [0.3, 0.4) is 0 Å². The number of aliphatic hydroxyl groups is 1. The minimum Gasteiger partial charge on any atom is -0.491 e. The highest BCUT2D eigenvalue weighted by molar-refractivity contribution is 5.76. The predicted octanol–water partition coefficient (Wildman–Crippen LogP) is 1.35. The smallest absolute Gasteiger partial charge is 0.269 e. The zero-order valence-corrected chi connectivity index (χ0v) is 17.4. The molecule has 3 rings (SSSR count). The molecule has 2 aliphatic rings. The standard InChI is InChI=1S/C21H32N4O5/c26-19(17-30-20-6-4-18(5-7-20)25(28)29)16-23-12-14-24(15-13-23)21(27)8-11-22-9-2-1-3-10-22/h4-7,19,26H,1-3,8-17H2. The zero-order valence-electron chi connectivity index (χ0n) is 17.4. The molecular formula is C21H32N4O5. The molecule has 1 unspecified atom stereocenters. The molecule has 1 N–H and O–H groups in total. The Bertz CT molecular complexity index is 685. The van der Waals surface area contributed by atoms with E-state index < -0.39 is 11.0 Å². The van der Waals surface area contributed by atoms with E-state index in [0.29, 0.717) is 31.8 Å². The molecule has 0 spiro atoms. The molecule has 9 heteroatoms. The number of β-amino-alcohol motifs (C(OH)–C–C–N with tert-alkyl or cyclic N) is 1. The van der Waals surface area contributed by atoms with E-state index in [1.54, 1.807) is 0 Å². The molecule has 1 atom stereocenters. The van der Waals surface area contributed by atoms with Crippen molar-refractivity contribution in [2.45, 2.75) is 31.8 Å². The van der Waals surface area contributed by atoms with Crippen molar-refractivity contribution in [1.29, 1.82) is 0 Å². The van der Waals surface area contributed by atoms with Gasteiger partial charge in [0, 0.05) is 57.8 Å². The number of nitro groups is 1. The van der Waals surface area contributed by atoms with Gasteiger partial charge in [-0.05, 0) is 38.1 Å². The van der Waals surface area contributed by atoms with Gasteiger partial charge in [-0.1, -0.05) is 6.42 Å². The Hall–Kier alpha value is -2.23. The Morgan fingerprint density at radius 2 is 1.70 bits per heavy atom. The maximum absolute atomic E-state index is 12.5. The lowest BCUT2D eigenvalue weighted by molar-refractivity contribution is -0.384. The lowest BCUT2D eigenvalue weighted by atomic mass is 10.1. The lowest BCUT2D eigenvalue weighted by Gasteiger charge is -2.36. The number of piperidine rings is 1. The third-order valence-electron chi connectivity index (χ3n) is 5.77. The van der Waals surface area contributed by atoms with Crippen LogP contribution < -0.4 is 4.74 Å². The molecule has 1 aromatic rings. The van der Waals surface area contributed by atoms with Crippen molar-refractivity contribution in [1.82, 2.24) is 14.7 Å². The van der Waals surface area contributed by atoms with Gasteiger partial charge in [0.25, 0.3) is 5.69 Å². The van der Waals surface area contributed by atoms with E-state index in [1.807, 2.05) is 4.90 Å². The van der Waals surface area contributed by atoms with Crippen LogP contribution in [0.15, 0.2) is 24.3 Å². The molecule has 2 heterocycles. The number of aliphatic hydroxyl groups excluding tert-OH is 1. The molecule has 0 aromatic heterocycles. The predicted molar refractivity (Wildman–Crippen MR) is 113 cm³/mol. The van der Waals surface area contributed by atoms with E-state index in [-0.39, 0.29) is 18.2 Å². The van der Waals surface area contributed by atoms with Crippen molar-refractivity contribution >= 4 is 11.6 Å². The fraction of sp³-hybridized carbons (Fsp3) is 0.667. The minimum absolute atomic E-state index is 0.00578. The van der Waals surface area contributed by atoms with Crippen LogP contribution in [0.4, 0.5) is 5.69 Å². The largest absolute Gasteiger partial charge is 0.491 e. The van der Waals surface area contributed by atoms with E-state index in [1.165, 1.54) is 43.5 Å². The van der Waals surface area contributed by atoms with Gasteiger partial charge in [-0.15, -0.1) is 0 Å². The third-order valence-corrected chi connectivity index (χ3v) is 5.77. The quantitative estimate of drug-likeness (QED) is 0.476. The number of nitro benzene ring substituents is 1. The number of likely N-dealkylation sites (tertiary alicyclic amines) is 1. The Balaban J connectivity index is 1.31. The summed E-state index contributed by atoms with van der Waals surface area (Å²) in [4.78, 5) is 29.1. The Labute approximate surface area is 177 Å². The summed E-state index contributed by atoms with van der Waals surface area (Å²) in [5.41, 5.74) is 0.00578. The maximum Gasteiger partial charge on any atom is 0.269 e. The van der Waals surface area contributed by atoms with Crippen LogP contribution in [-0.2, 0) is 4.79 Å². The van der Waals surface area contributed by atoms with Gasteiger partial charge in [-0.3, -0.25) is 19.8 Å². The average Bonchev–Trinajstić information content (AvgIpc) is 2.77. The molecule has 2 aliphatic heterocycles. The van der Waals surface area contributed by atoms with Gasteiger partial charge in [0.05, 0.1) is 4.92 Å². The fourth-order valence-electron chi connectivity index (χ4n) is 3.98. The summed E-state index contributed by atoms with van der Waals surface area (Å²) in [6, 6.07) is 5.81. The number of carbonyl (C=O) groups excluding carboxylic acids is 1. The summed E-state index contributed by atoms with van der Waals surface area (Å²) in [5, 5.41) is 20.9. The van der Waals surface area contributed by atoms with E-state index in [9.17, 15) is 20.0 Å². The molecule has 1 aromatic carbocycles. The molecule has 9 nitrogen and oxygen atoms in total. The summed E-state index contributed by atoms with van der Waals surface area (Å²) in [6.07, 6.45) is 3.70. The number of carbonyl (C=O) groups is 1. The first-order valence-electron chi connectivity index (χ1n) is 10.8. The van der Waals surface area contributed by atoms with Crippen LogP contribution in [0.5, 0.6) is 5.75 Å². The Kier molecular flexibility index (Phi) is 8.41. The van der Waals surface area contributed by atoms with E-state index >= 15 is 0 Å². The van der Waals surface area contributed by atoms with Gasteiger partial charge in [-0.25, -0.2) is 0 Å². The first-order chi connectivity index (χ1) is 14.5. The van der Waals surface area contributed by atoms with Crippen LogP contribution in [0.1, 0.15) is 25.7 Å². The summed E-state index contributed by atoms with van der Waals surface area (Å²) in [5.74, 6) is 0.714. The maximum atomic E-state index is 12.5. The van der Waals surface area contributed by atoms with Crippen molar-refractivity contribution in [2.24, 2.45) is 0 Å². The van der Waals surface area contributed by atoms with Crippen LogP contribution in [-0.4, -0.2) is 95.7 Å². The summed E-state index contributed by atoms with van der Waals surface area (Å²) in [6.45, 7) is 6.53. The molecule has 1 amide bonds. The number of hydrogen-bond donors (Lipinski definition) is 1. The van der Waals surface area contributed by atoms with Crippen molar-refractivity contribution in [3.63, 3.8) is 0 Å². The number of hydrogen-bond acceptors (Lipinski definition) is 7. The van der Waals surface area contributed by atoms with Crippen LogP contribution in [0.2, 0.25) is 0 Å². The highest BCUT2D eigenvalue weighted by Crippen LogP contribution is 2.17. The van der Waals surface area contributed by atoms with E-state index in [0.717, 1.165) is 32.7 Å². The Morgan fingerprint density at radius 3 is 2.33 bits per heavy atom. The van der Waals surface area contributed by atoms with Gasteiger partial charge in [-0.2, -0.15) is 0 Å². The van der Waals surface area contributed by atoms with Gasteiger partial charge in [0.2, 0.25) is 5.91 Å². The topological polar surface area (TPSA) is 99.4 Å². The highest BCUT2D eigenvalue weighted by atomic mass is 16.6. The van der Waals surface area contributed by atoms with Crippen molar-refractivity contribution in [3.05, 3.63) is 34.4 Å². The van der Waals surface area contributed by atoms with Crippen molar-refractivity contribution < 1.29 is 19.6 Å². The highest BCUT2D eigenvalue weighted by Gasteiger charge is 2.23. The van der Waals surface area contributed by atoms with Gasteiger partial charge >= 0.3 is 0 Å². The third kappa shape index (κ3) is 6.93. The van der Waals surface area contributed by atoms with Crippen LogP contribution >= 0.6 is 0 Å². The number of non-ortho nitro benzene ring substituents is 1. The lowest BCUT2D eigenvalue weighted by Crippen LogP contribution is -2.51. The molecule has 30 heavy (non-hydrogen) atoms. The average molecular weight is 421 g/mol. The van der Waals surface area contributed by atoms with Crippen LogP contribution in [0.25, 0.3) is 0 Å². The number of nitrogens with zero attached hydrogens (tertiary/aromatic N) is 4. The van der Waals surface area contributed by atoms with Gasteiger partial charge in [0.15, 0.2) is 0 Å². The SMILES string of the molecule is O=C(CCN1CCCCC1)N1CCN(CC(O)COc2ccc([N+](=O)[O-])cc2)CC1. The van der Waals surface area contributed by atoms with Crippen molar-refractivity contribution in [2.75, 3.05) is 59.0 Å². The molecule has 0 aliphatic carbocycles. The normalized spacial score (nSPS) is 19.4. The van der Waals surface area contributed by atoms with Gasteiger partial charge in [0.1, 0.15) is 18.5 Å². The van der Waals surface area contributed by atoms with Crippen molar-refractivity contribution in [3.8, 4) is 5.75 Å². The first-order valence-corrected chi connectivity index (χ1v) is 10.8. The summed E-state index contributed by atoms with van der Waals surface area (Å²) >= 11 is 0. The molecule has 0 radical (unpaired) electrons. The van der Waals surface area contributed by atoms with Gasteiger partial charge < -0.3 is 19.6 Å². The monoisotopic (exact) mass is 420 g/mol. The Morgan fingerprint density at radius 1 is 1.03 bits per heavy atom. The molecule has 0 bridgehead atoms. The molecule has 2 fully saturated rings. The molecule has 0 saturated carbocycles. The second kappa shape index (κ2) is 11.2. The summed E-state index contributed by atoms with van der Waals surface area (Å²) in [7, 11) is 0. The fourth-order valence-corrected chi connectivity index (χ4v) is 3.98. The number of piperazine rings is 1. The number of ether oxygens (including phenoxy) is 1. The summed E-state index contributed by atoms with van der Waals surface area (Å²) < 4.78 is 5.52. The zero-order chi connectivity index (χ0) is 21.3. The first kappa shape index (κ1) is 22.5. The second-order valence-electron chi connectivity index (χ2n) is 8.05. The molecular weight excluding hydrogens is 388 g/mol. The number of amides is 1. The number of rotatable bonds is 9. The van der Waals surface area contributed by atoms with E-state index in [2.05, 4.69) is 9.80 Å². The second-order valence-corrected chi connectivity index (χ2v) is 8.05. The minimum atomic E-state index is -0.665. The molecule has 166 valence electrons. The molecule has 2 saturated heterocycles.